The first-order valence-corrected chi connectivity index (χ1v) is 9.15. The molecule has 0 amide bonds. The Morgan fingerprint density at radius 2 is 1.28 bits per heavy atom. The van der Waals surface area contributed by atoms with Gasteiger partial charge in [0.1, 0.15) is 11.1 Å². The molecule has 1 saturated heterocycles. The molecule has 0 radical (unpaired) electrons. The van der Waals surface area contributed by atoms with E-state index in [-0.39, 0.29) is 5.54 Å². The third-order valence-electron chi connectivity index (χ3n) is 5.21. The highest BCUT2D eigenvalue weighted by Crippen LogP contribution is 2.31. The van der Waals surface area contributed by atoms with Gasteiger partial charge in [-0.3, -0.25) is 4.90 Å². The lowest BCUT2D eigenvalue weighted by molar-refractivity contribution is 0.113. The van der Waals surface area contributed by atoms with Gasteiger partial charge in [0.2, 0.25) is 0 Å². The quantitative estimate of drug-likeness (QED) is 0.847. The number of aliphatic hydroxyl groups is 1. The van der Waals surface area contributed by atoms with Gasteiger partial charge >= 0.3 is 0 Å². The Kier molecular flexibility index (Phi) is 5.27. The van der Waals surface area contributed by atoms with E-state index in [0.29, 0.717) is 0 Å². The molecule has 0 aliphatic carbocycles. The molecule has 2 nitrogen and oxygen atoms in total. The Balaban J connectivity index is 1.99. The maximum absolute atomic E-state index is 10.9. The van der Waals surface area contributed by atoms with Crippen LogP contribution in [-0.2, 0) is 11.1 Å². The fraction of sp³-hybridized carbons (Fsp3) is 0.391. The van der Waals surface area contributed by atoms with Gasteiger partial charge in [0.05, 0.1) is 0 Å². The molecule has 1 heterocycles. The fourth-order valence-electron chi connectivity index (χ4n) is 3.52. The highest BCUT2D eigenvalue weighted by atomic mass is 16.3. The molecule has 0 saturated carbocycles. The van der Waals surface area contributed by atoms with Gasteiger partial charge in [0.15, 0.2) is 0 Å². The molecular formula is C23H27NO. The summed E-state index contributed by atoms with van der Waals surface area (Å²) >= 11 is 0. The molecule has 0 bridgehead atoms. The van der Waals surface area contributed by atoms with Crippen LogP contribution in [0.1, 0.15) is 44.2 Å². The van der Waals surface area contributed by atoms with Crippen molar-refractivity contribution in [3.63, 3.8) is 0 Å². The summed E-state index contributed by atoms with van der Waals surface area (Å²) < 4.78 is 0. The van der Waals surface area contributed by atoms with Crippen molar-refractivity contribution in [1.82, 2.24) is 4.90 Å². The van der Waals surface area contributed by atoms with Crippen LogP contribution in [0.15, 0.2) is 60.7 Å². The fourth-order valence-corrected chi connectivity index (χ4v) is 3.52. The summed E-state index contributed by atoms with van der Waals surface area (Å²) in [5, 5.41) is 10.9. The normalized spacial score (nSPS) is 20.0. The summed E-state index contributed by atoms with van der Waals surface area (Å²) in [6, 6.07) is 20.1. The van der Waals surface area contributed by atoms with Crippen LogP contribution in [0.3, 0.4) is 0 Å². The minimum Gasteiger partial charge on any atom is -0.374 e. The molecule has 2 heteroatoms. The molecule has 2 aromatic carbocycles. The minimum absolute atomic E-state index is 0.388. The SMILES string of the molecule is CC(O)(C#CC(C)(c1ccccc1)N1CCCCC1)c1ccccc1. The van der Waals surface area contributed by atoms with E-state index in [4.69, 9.17) is 0 Å². The number of hydrogen-bond donors (Lipinski definition) is 1. The van der Waals surface area contributed by atoms with Crippen LogP contribution in [0, 0.1) is 11.8 Å². The molecule has 3 rings (SSSR count). The van der Waals surface area contributed by atoms with Gasteiger partial charge in [-0.15, -0.1) is 0 Å². The third kappa shape index (κ3) is 3.95. The first-order valence-electron chi connectivity index (χ1n) is 9.15. The number of hydrogen-bond acceptors (Lipinski definition) is 2. The lowest BCUT2D eigenvalue weighted by Crippen LogP contribution is -2.46. The zero-order valence-electron chi connectivity index (χ0n) is 15.2. The zero-order valence-corrected chi connectivity index (χ0v) is 15.2. The number of rotatable bonds is 3. The predicted octanol–water partition coefficient (Wildman–Crippen LogP) is 4.30. The second-order valence-electron chi connectivity index (χ2n) is 7.17. The lowest BCUT2D eigenvalue weighted by Gasteiger charge is -2.40. The van der Waals surface area contributed by atoms with Crippen LogP contribution in [0.25, 0.3) is 0 Å². The van der Waals surface area contributed by atoms with Crippen molar-refractivity contribution in [3.8, 4) is 11.8 Å². The zero-order chi connectivity index (χ0) is 17.8. The largest absolute Gasteiger partial charge is 0.374 e. The molecule has 1 aliphatic heterocycles. The summed E-state index contributed by atoms with van der Waals surface area (Å²) in [6.07, 6.45) is 3.70. The molecule has 1 fully saturated rings. The first-order chi connectivity index (χ1) is 12.0. The number of nitrogens with zero attached hydrogens (tertiary/aromatic N) is 1. The minimum atomic E-state index is -1.16. The predicted molar refractivity (Wildman–Crippen MR) is 103 cm³/mol. The van der Waals surface area contributed by atoms with E-state index in [9.17, 15) is 5.11 Å². The van der Waals surface area contributed by atoms with Gasteiger partial charge in [0.25, 0.3) is 0 Å². The van der Waals surface area contributed by atoms with Crippen LogP contribution < -0.4 is 0 Å². The van der Waals surface area contributed by atoms with Gasteiger partial charge < -0.3 is 5.11 Å². The average Bonchev–Trinajstić information content (AvgIpc) is 2.68. The van der Waals surface area contributed by atoms with Crippen molar-refractivity contribution < 1.29 is 5.11 Å². The monoisotopic (exact) mass is 333 g/mol. The molecule has 2 unspecified atom stereocenters. The van der Waals surface area contributed by atoms with Gasteiger partial charge in [-0.2, -0.15) is 0 Å². The Labute approximate surface area is 151 Å². The van der Waals surface area contributed by atoms with E-state index >= 15 is 0 Å². The smallest absolute Gasteiger partial charge is 0.148 e. The van der Waals surface area contributed by atoms with E-state index in [1.807, 2.05) is 36.4 Å². The Hall–Kier alpha value is -2.08. The Bertz CT molecular complexity index is 736. The van der Waals surface area contributed by atoms with Gasteiger partial charge in [-0.1, -0.05) is 78.9 Å². The Morgan fingerprint density at radius 3 is 1.84 bits per heavy atom. The number of piperidine rings is 1. The maximum Gasteiger partial charge on any atom is 0.148 e. The third-order valence-corrected chi connectivity index (χ3v) is 5.21. The highest BCUT2D eigenvalue weighted by Gasteiger charge is 2.33. The Morgan fingerprint density at radius 1 is 0.760 bits per heavy atom. The molecular weight excluding hydrogens is 306 g/mol. The molecule has 0 aromatic heterocycles. The second-order valence-corrected chi connectivity index (χ2v) is 7.17. The van der Waals surface area contributed by atoms with Gasteiger partial charge in [-0.25, -0.2) is 0 Å². The van der Waals surface area contributed by atoms with Crippen molar-refractivity contribution in [3.05, 3.63) is 71.8 Å². The first kappa shape index (κ1) is 17.7. The van der Waals surface area contributed by atoms with Crippen LogP contribution >= 0.6 is 0 Å². The van der Waals surface area contributed by atoms with Gasteiger partial charge in [-0.05, 0) is 50.9 Å². The van der Waals surface area contributed by atoms with E-state index < -0.39 is 5.60 Å². The summed E-state index contributed by atoms with van der Waals surface area (Å²) in [6.45, 7) is 6.06. The van der Waals surface area contributed by atoms with Crippen molar-refractivity contribution >= 4 is 0 Å². The molecule has 1 N–H and O–H groups in total. The molecule has 2 atom stereocenters. The molecule has 2 aromatic rings. The van der Waals surface area contributed by atoms with Crippen LogP contribution in [0.2, 0.25) is 0 Å². The van der Waals surface area contributed by atoms with Crippen molar-refractivity contribution in [1.29, 1.82) is 0 Å². The lowest BCUT2D eigenvalue weighted by atomic mass is 9.87. The second kappa shape index (κ2) is 7.44. The van der Waals surface area contributed by atoms with Crippen molar-refractivity contribution in [2.45, 2.75) is 44.2 Å². The van der Waals surface area contributed by atoms with Crippen LogP contribution in [0.5, 0.6) is 0 Å². The molecule has 0 spiro atoms. The summed E-state index contributed by atoms with van der Waals surface area (Å²) in [5.41, 5.74) is 0.470. The summed E-state index contributed by atoms with van der Waals surface area (Å²) in [7, 11) is 0. The highest BCUT2D eigenvalue weighted by molar-refractivity contribution is 5.38. The average molecular weight is 333 g/mol. The van der Waals surface area contributed by atoms with Crippen LogP contribution in [0.4, 0.5) is 0 Å². The number of benzene rings is 2. The van der Waals surface area contributed by atoms with E-state index in [1.165, 1.54) is 24.8 Å². The van der Waals surface area contributed by atoms with E-state index in [2.05, 4.69) is 47.9 Å². The topological polar surface area (TPSA) is 23.5 Å². The number of likely N-dealkylation sites (tertiary alicyclic amines) is 1. The van der Waals surface area contributed by atoms with Gasteiger partial charge in [0, 0.05) is 0 Å². The molecule has 1 aliphatic rings. The standard InChI is InChI=1S/C23H27NO/c1-22(20-12-6-3-7-13-20,24-18-10-5-11-19-24)16-17-23(2,25)21-14-8-4-9-15-21/h3-4,6-9,12-15,25H,5,10-11,18-19H2,1-2H3. The summed E-state index contributed by atoms with van der Waals surface area (Å²) in [4.78, 5) is 2.46. The van der Waals surface area contributed by atoms with Crippen molar-refractivity contribution in [2.24, 2.45) is 0 Å². The van der Waals surface area contributed by atoms with E-state index in [1.54, 1.807) is 6.92 Å². The van der Waals surface area contributed by atoms with Crippen LogP contribution in [-0.4, -0.2) is 23.1 Å². The molecule has 130 valence electrons. The molecule has 25 heavy (non-hydrogen) atoms. The maximum atomic E-state index is 10.9. The summed E-state index contributed by atoms with van der Waals surface area (Å²) in [5.74, 6) is 6.62. The van der Waals surface area contributed by atoms with E-state index in [0.717, 1.165) is 18.7 Å². The van der Waals surface area contributed by atoms with Crippen molar-refractivity contribution in [2.75, 3.05) is 13.1 Å².